The van der Waals surface area contributed by atoms with Gasteiger partial charge in [0.1, 0.15) is 17.9 Å². The van der Waals surface area contributed by atoms with Crippen LogP contribution >= 0.6 is 0 Å². The fraction of sp³-hybridized carbons (Fsp3) is 0.282. The molecule has 0 amide bonds. The van der Waals surface area contributed by atoms with Crippen molar-refractivity contribution < 1.29 is 18.6 Å². The van der Waals surface area contributed by atoms with Crippen molar-refractivity contribution in [2.75, 3.05) is 6.61 Å². The van der Waals surface area contributed by atoms with Crippen molar-refractivity contribution in [3.63, 3.8) is 0 Å². The van der Waals surface area contributed by atoms with Crippen molar-refractivity contribution in [1.29, 1.82) is 0 Å². The Morgan fingerprint density at radius 3 is 1.83 bits per heavy atom. The number of hydrogen-bond acceptors (Lipinski definition) is 5. The van der Waals surface area contributed by atoms with Gasteiger partial charge in [0.15, 0.2) is 0 Å². The monoisotopic (exact) mass is 634 g/mol. The second-order valence-electron chi connectivity index (χ2n) is 12.9. The number of H-pyrrole nitrogens is 1. The Kier molecular flexibility index (Phi) is 9.36. The molecule has 47 heavy (non-hydrogen) atoms. The van der Waals surface area contributed by atoms with Crippen LogP contribution in [-0.2, 0) is 31.8 Å². The van der Waals surface area contributed by atoms with Crippen LogP contribution in [0, 0.1) is 5.82 Å². The van der Waals surface area contributed by atoms with Crippen molar-refractivity contribution in [3.05, 3.63) is 176 Å². The molecule has 1 aliphatic rings. The number of rotatable bonds is 10. The summed E-state index contributed by atoms with van der Waals surface area (Å²) in [6, 6.07) is 38.3. The van der Waals surface area contributed by atoms with E-state index >= 15 is 0 Å². The number of nitrogens with one attached hydrogen (secondary N) is 1. The minimum absolute atomic E-state index is 0.0241. The van der Waals surface area contributed by atoms with E-state index in [1.165, 1.54) is 5.56 Å². The highest BCUT2D eigenvalue weighted by molar-refractivity contribution is 5.47. The van der Waals surface area contributed by atoms with Crippen LogP contribution in [0.1, 0.15) is 61.2 Å². The number of ether oxygens (including phenoxy) is 3. The summed E-state index contributed by atoms with van der Waals surface area (Å²) < 4.78 is 35.3. The molecule has 5 aromatic rings. The molecule has 1 saturated heterocycles. The Balaban J connectivity index is 1.34. The summed E-state index contributed by atoms with van der Waals surface area (Å²) in [5.74, 6) is -1.07. The van der Waals surface area contributed by atoms with E-state index in [9.17, 15) is 14.0 Å². The van der Waals surface area contributed by atoms with Crippen molar-refractivity contribution in [2.45, 2.75) is 63.3 Å². The summed E-state index contributed by atoms with van der Waals surface area (Å²) in [6.45, 7) is 6.89. The first-order valence-corrected chi connectivity index (χ1v) is 15.8. The Morgan fingerprint density at radius 2 is 1.32 bits per heavy atom. The highest BCUT2D eigenvalue weighted by Crippen LogP contribution is 2.42. The molecule has 8 heteroatoms. The third-order valence-electron chi connectivity index (χ3n) is 8.70. The Morgan fingerprint density at radius 1 is 0.787 bits per heavy atom. The second kappa shape index (κ2) is 13.6. The van der Waals surface area contributed by atoms with Gasteiger partial charge in [0, 0.05) is 6.42 Å². The number of aromatic amines is 1. The van der Waals surface area contributed by atoms with Crippen LogP contribution in [0.3, 0.4) is 0 Å². The molecule has 1 aliphatic heterocycles. The summed E-state index contributed by atoms with van der Waals surface area (Å²) in [4.78, 5) is 26.5. The minimum atomic E-state index is -1.07. The summed E-state index contributed by atoms with van der Waals surface area (Å²) in [7, 11) is 0. The van der Waals surface area contributed by atoms with Gasteiger partial charge in [0.25, 0.3) is 5.56 Å². The number of aromatic nitrogens is 2. The normalized spacial score (nSPS) is 18.3. The van der Waals surface area contributed by atoms with Crippen LogP contribution in [0.4, 0.5) is 4.39 Å². The molecule has 6 rings (SSSR count). The molecule has 242 valence electrons. The van der Waals surface area contributed by atoms with Crippen molar-refractivity contribution in [1.82, 2.24) is 9.55 Å². The summed E-state index contributed by atoms with van der Waals surface area (Å²) in [5.41, 5.74) is 2.19. The van der Waals surface area contributed by atoms with Gasteiger partial charge in [0.05, 0.1) is 25.5 Å². The van der Waals surface area contributed by atoms with Gasteiger partial charge in [0.2, 0.25) is 5.82 Å². The molecule has 1 aromatic heterocycles. The predicted molar refractivity (Wildman–Crippen MR) is 179 cm³/mol. The molecule has 0 spiro atoms. The third-order valence-corrected chi connectivity index (χ3v) is 8.70. The topological polar surface area (TPSA) is 82.6 Å². The molecule has 0 aliphatic carbocycles. The lowest BCUT2D eigenvalue weighted by Crippen LogP contribution is -2.38. The third kappa shape index (κ3) is 6.90. The molecular formula is C39H39FN2O5. The summed E-state index contributed by atoms with van der Waals surface area (Å²) >= 11 is 0. The Labute approximate surface area is 273 Å². The van der Waals surface area contributed by atoms with Crippen molar-refractivity contribution in [3.8, 4) is 0 Å². The maximum absolute atomic E-state index is 14.3. The molecule has 3 atom stereocenters. The lowest BCUT2D eigenvalue weighted by atomic mass is 9.80. The van der Waals surface area contributed by atoms with Gasteiger partial charge in [-0.25, -0.2) is 4.79 Å². The van der Waals surface area contributed by atoms with Crippen LogP contribution in [-0.4, -0.2) is 28.4 Å². The molecule has 7 nitrogen and oxygen atoms in total. The minimum Gasteiger partial charge on any atom is -0.371 e. The molecule has 0 bridgehead atoms. The van der Waals surface area contributed by atoms with Crippen molar-refractivity contribution in [2.24, 2.45) is 0 Å². The van der Waals surface area contributed by atoms with Gasteiger partial charge in [-0.3, -0.25) is 14.3 Å². The summed E-state index contributed by atoms with van der Waals surface area (Å²) in [5, 5.41) is 0. The van der Waals surface area contributed by atoms with E-state index < -0.39 is 41.1 Å². The zero-order valence-corrected chi connectivity index (χ0v) is 26.8. The lowest BCUT2D eigenvalue weighted by molar-refractivity contribution is -0.106. The molecule has 4 aromatic carbocycles. The zero-order chi connectivity index (χ0) is 33.0. The van der Waals surface area contributed by atoms with Crippen LogP contribution in [0.5, 0.6) is 0 Å². The highest BCUT2D eigenvalue weighted by Gasteiger charge is 2.43. The Hall–Kier alpha value is -4.63. The number of benzene rings is 4. The number of halogens is 1. The molecule has 1 N–H and O–H groups in total. The maximum atomic E-state index is 14.3. The molecule has 2 heterocycles. The molecule has 0 saturated carbocycles. The van der Waals surface area contributed by atoms with Crippen LogP contribution in [0.2, 0.25) is 0 Å². The zero-order valence-electron chi connectivity index (χ0n) is 26.8. The maximum Gasteiger partial charge on any atom is 0.330 e. The van der Waals surface area contributed by atoms with Crippen molar-refractivity contribution >= 4 is 0 Å². The molecular weight excluding hydrogens is 595 g/mol. The van der Waals surface area contributed by atoms with Gasteiger partial charge >= 0.3 is 5.69 Å². The molecule has 0 radical (unpaired) electrons. The van der Waals surface area contributed by atoms with E-state index in [0.29, 0.717) is 6.61 Å². The van der Waals surface area contributed by atoms with Gasteiger partial charge < -0.3 is 14.2 Å². The predicted octanol–water partition coefficient (Wildman–Crippen LogP) is 6.85. The average molecular weight is 635 g/mol. The fourth-order valence-electron chi connectivity index (χ4n) is 6.15. The van der Waals surface area contributed by atoms with Gasteiger partial charge in [-0.05, 0) is 33.2 Å². The van der Waals surface area contributed by atoms with E-state index in [-0.39, 0.29) is 18.4 Å². The first-order valence-electron chi connectivity index (χ1n) is 15.8. The first kappa shape index (κ1) is 32.3. The first-order chi connectivity index (χ1) is 22.6. The van der Waals surface area contributed by atoms with Gasteiger partial charge in [-0.1, -0.05) is 136 Å². The number of nitrogens with zero attached hydrogens (tertiary/aromatic N) is 1. The molecule has 1 fully saturated rings. The van der Waals surface area contributed by atoms with Crippen LogP contribution in [0.15, 0.2) is 131 Å². The van der Waals surface area contributed by atoms with Crippen LogP contribution < -0.4 is 11.2 Å². The van der Waals surface area contributed by atoms with Gasteiger partial charge in [-0.2, -0.15) is 4.39 Å². The van der Waals surface area contributed by atoms with E-state index in [1.807, 2.05) is 108 Å². The molecule has 0 unspecified atom stereocenters. The summed E-state index contributed by atoms with van der Waals surface area (Å²) in [6.07, 6.45) is -0.889. The number of hydrogen-bond donors (Lipinski definition) is 1. The van der Waals surface area contributed by atoms with Crippen LogP contribution in [0.25, 0.3) is 0 Å². The van der Waals surface area contributed by atoms with E-state index in [4.69, 9.17) is 14.2 Å². The lowest BCUT2D eigenvalue weighted by Gasteiger charge is -2.37. The standard InChI is InChI=1S/C39H39FN2O5/c1-38(2,3)28-21-19-27(20-22-28)25-45-33-23-35(42-24-32(40)36(43)41-37(42)44)47-34(33)26-46-39(29-13-7-4-8-14-29,30-15-9-5-10-16-30)31-17-11-6-12-18-31/h4-22,24,33-35H,23,25-26H2,1-3H3,(H,41,43,44)/t33-,34+,35+/m0/s1. The SMILES string of the molecule is CC(C)(C)c1ccc(CO[C@H]2C[C@H](n3cc(F)c(=O)[nH]c3=O)O[C@@H]2COC(c2ccccc2)(c2ccccc2)c2ccccc2)cc1. The largest absolute Gasteiger partial charge is 0.371 e. The van der Waals surface area contributed by atoms with E-state index in [0.717, 1.165) is 33.0 Å². The fourth-order valence-corrected chi connectivity index (χ4v) is 6.15. The average Bonchev–Trinajstić information content (AvgIpc) is 3.49. The quantitative estimate of drug-likeness (QED) is 0.170. The van der Waals surface area contributed by atoms with Gasteiger partial charge in [-0.15, -0.1) is 0 Å². The van der Waals surface area contributed by atoms with E-state index in [2.05, 4.69) is 32.9 Å². The second-order valence-corrected chi connectivity index (χ2v) is 12.9. The smallest absolute Gasteiger partial charge is 0.330 e. The Bertz CT molecular complexity index is 1790. The highest BCUT2D eigenvalue weighted by atomic mass is 19.1. The van der Waals surface area contributed by atoms with E-state index in [1.54, 1.807) is 0 Å².